The second-order valence-corrected chi connectivity index (χ2v) is 6.26. The highest BCUT2D eigenvalue weighted by molar-refractivity contribution is 14.0. The van der Waals surface area contributed by atoms with Crippen LogP contribution in [0.3, 0.4) is 0 Å². The number of halogens is 3. The molecule has 0 radical (unpaired) electrons. The zero-order valence-corrected chi connectivity index (χ0v) is 17.6. The van der Waals surface area contributed by atoms with Gasteiger partial charge in [-0.15, -0.1) is 24.0 Å². The normalized spacial score (nSPS) is 12.4. The lowest BCUT2D eigenvalue weighted by molar-refractivity contribution is -0.127. The number of nitrogens with zero attached hydrogens (tertiary/aromatic N) is 2. The summed E-state index contributed by atoms with van der Waals surface area (Å²) < 4.78 is 26.9. The van der Waals surface area contributed by atoms with E-state index in [0.717, 1.165) is 6.07 Å². The molecule has 0 spiro atoms. The highest BCUT2D eigenvalue weighted by Crippen LogP contribution is 2.17. The Morgan fingerprint density at radius 1 is 1.24 bits per heavy atom. The van der Waals surface area contributed by atoms with Crippen LogP contribution in [0.4, 0.5) is 8.78 Å². The van der Waals surface area contributed by atoms with Gasteiger partial charge in [0.1, 0.15) is 18.2 Å². The number of carbonyl (C=O) groups is 1. The fraction of sp³-hybridized carbons (Fsp3) is 0.529. The fourth-order valence-corrected chi connectivity index (χ4v) is 1.88. The molecular weight excluding hydrogens is 441 g/mol. The van der Waals surface area contributed by atoms with Crippen molar-refractivity contribution in [1.82, 2.24) is 15.5 Å². The lowest BCUT2D eigenvalue weighted by atomic mass is 10.1. The molecule has 25 heavy (non-hydrogen) atoms. The minimum absolute atomic E-state index is 0. The van der Waals surface area contributed by atoms with Gasteiger partial charge >= 0.3 is 0 Å². The van der Waals surface area contributed by atoms with Crippen LogP contribution in [0.15, 0.2) is 23.2 Å². The molecule has 5 nitrogen and oxygen atoms in total. The first-order valence-corrected chi connectivity index (χ1v) is 7.90. The van der Waals surface area contributed by atoms with E-state index in [2.05, 4.69) is 15.6 Å². The molecule has 0 heterocycles. The Labute approximate surface area is 165 Å². The van der Waals surface area contributed by atoms with Crippen molar-refractivity contribution < 1.29 is 13.6 Å². The van der Waals surface area contributed by atoms with Crippen LogP contribution in [-0.2, 0) is 4.79 Å². The second kappa shape index (κ2) is 11.2. The highest BCUT2D eigenvalue weighted by atomic mass is 127. The monoisotopic (exact) mass is 468 g/mol. The quantitative estimate of drug-likeness (QED) is 0.384. The van der Waals surface area contributed by atoms with Crippen LogP contribution in [0.5, 0.6) is 0 Å². The Morgan fingerprint density at radius 2 is 1.88 bits per heavy atom. The Morgan fingerprint density at radius 3 is 2.40 bits per heavy atom. The molecule has 1 amide bonds. The number of hydrogen-bond donors (Lipinski definition) is 2. The van der Waals surface area contributed by atoms with E-state index in [1.165, 1.54) is 17.0 Å². The number of likely N-dealkylation sites (N-methyl/N-ethyl adjacent to an activating group) is 1. The smallest absolute Gasteiger partial charge is 0.243 e. The number of benzene rings is 1. The number of guanidine groups is 1. The third-order valence-electron chi connectivity index (χ3n) is 3.33. The first kappa shape index (κ1) is 23.5. The molecule has 0 aliphatic heterocycles. The maximum absolute atomic E-state index is 13.9. The zero-order valence-electron chi connectivity index (χ0n) is 15.3. The number of nitrogens with one attached hydrogen (secondary N) is 2. The van der Waals surface area contributed by atoms with Gasteiger partial charge in [-0.25, -0.2) is 13.8 Å². The molecule has 142 valence electrons. The number of amides is 1. The van der Waals surface area contributed by atoms with E-state index in [-0.39, 0.29) is 36.4 Å². The van der Waals surface area contributed by atoms with Crippen molar-refractivity contribution in [1.29, 1.82) is 0 Å². The van der Waals surface area contributed by atoms with Gasteiger partial charge in [0.15, 0.2) is 5.96 Å². The van der Waals surface area contributed by atoms with E-state index in [1.807, 2.05) is 13.8 Å². The van der Waals surface area contributed by atoms with Crippen LogP contribution in [0.25, 0.3) is 0 Å². The molecular formula is C17H27F2IN4O. The summed E-state index contributed by atoms with van der Waals surface area (Å²) in [4.78, 5) is 17.4. The summed E-state index contributed by atoms with van der Waals surface area (Å²) in [6, 6.07) is 3.03. The molecule has 8 heteroatoms. The molecule has 0 bridgehead atoms. The van der Waals surface area contributed by atoms with Crippen LogP contribution in [0, 0.1) is 17.6 Å². The average molecular weight is 468 g/mol. The summed E-state index contributed by atoms with van der Waals surface area (Å²) in [7, 11) is 3.31. The molecule has 1 atom stereocenters. The van der Waals surface area contributed by atoms with Gasteiger partial charge in [-0.2, -0.15) is 0 Å². The largest absolute Gasteiger partial charge is 0.356 e. The summed E-state index contributed by atoms with van der Waals surface area (Å²) in [6.45, 7) is 6.47. The van der Waals surface area contributed by atoms with E-state index in [9.17, 15) is 13.6 Å². The maximum Gasteiger partial charge on any atom is 0.243 e. The topological polar surface area (TPSA) is 56.7 Å². The lowest BCUT2D eigenvalue weighted by Crippen LogP contribution is -2.41. The number of aliphatic imine (C=N–C) groups is 1. The van der Waals surface area contributed by atoms with Crippen molar-refractivity contribution in [3.05, 3.63) is 35.4 Å². The van der Waals surface area contributed by atoms with Crippen LogP contribution in [-0.4, -0.2) is 44.0 Å². The second-order valence-electron chi connectivity index (χ2n) is 6.26. The minimum atomic E-state index is -0.623. The van der Waals surface area contributed by atoms with Gasteiger partial charge in [-0.1, -0.05) is 19.9 Å². The molecule has 1 aromatic rings. The number of hydrogen-bond acceptors (Lipinski definition) is 2. The minimum Gasteiger partial charge on any atom is -0.356 e. The molecule has 0 fully saturated rings. The zero-order chi connectivity index (χ0) is 18.3. The van der Waals surface area contributed by atoms with Gasteiger partial charge in [0.25, 0.3) is 0 Å². The molecule has 1 rings (SSSR count). The van der Waals surface area contributed by atoms with Gasteiger partial charge in [0, 0.05) is 32.3 Å². The van der Waals surface area contributed by atoms with Crippen LogP contribution in [0.2, 0.25) is 0 Å². The van der Waals surface area contributed by atoms with E-state index in [0.29, 0.717) is 24.0 Å². The number of rotatable bonds is 6. The lowest BCUT2D eigenvalue weighted by Gasteiger charge is -2.20. The molecule has 0 aromatic heterocycles. The van der Waals surface area contributed by atoms with Crippen LogP contribution in [0.1, 0.15) is 32.4 Å². The van der Waals surface area contributed by atoms with Crippen LogP contribution < -0.4 is 10.6 Å². The Hall–Kier alpha value is -1.45. The first-order valence-electron chi connectivity index (χ1n) is 7.90. The van der Waals surface area contributed by atoms with Gasteiger partial charge < -0.3 is 15.5 Å². The van der Waals surface area contributed by atoms with E-state index < -0.39 is 17.7 Å². The van der Waals surface area contributed by atoms with Crippen molar-refractivity contribution in [2.45, 2.75) is 26.8 Å². The van der Waals surface area contributed by atoms with Gasteiger partial charge in [-0.3, -0.25) is 4.79 Å². The van der Waals surface area contributed by atoms with E-state index in [4.69, 9.17) is 0 Å². The van der Waals surface area contributed by atoms with Crippen molar-refractivity contribution in [2.75, 3.05) is 27.2 Å². The van der Waals surface area contributed by atoms with Crippen molar-refractivity contribution >= 4 is 35.8 Å². The molecule has 0 aliphatic carbocycles. The van der Waals surface area contributed by atoms with Crippen molar-refractivity contribution in [3.8, 4) is 0 Å². The maximum atomic E-state index is 13.9. The van der Waals surface area contributed by atoms with E-state index >= 15 is 0 Å². The summed E-state index contributed by atoms with van der Waals surface area (Å²) >= 11 is 0. The predicted molar refractivity (Wildman–Crippen MR) is 107 cm³/mol. The Balaban J connectivity index is 0.00000576. The highest BCUT2D eigenvalue weighted by Gasteiger charge is 2.14. The molecule has 1 unspecified atom stereocenters. The fourth-order valence-electron chi connectivity index (χ4n) is 1.88. The summed E-state index contributed by atoms with van der Waals surface area (Å²) in [5.74, 6) is -0.592. The summed E-state index contributed by atoms with van der Waals surface area (Å²) in [6.07, 6.45) is 0. The SMILES string of the molecule is CC(C)CNC(=NCC(=O)N(C)C)NC(C)c1ccc(F)cc1F.I. The van der Waals surface area contributed by atoms with Crippen molar-refractivity contribution in [2.24, 2.45) is 10.9 Å². The Bertz CT molecular complexity index is 594. The molecule has 0 aliphatic rings. The third-order valence-corrected chi connectivity index (χ3v) is 3.33. The van der Waals surface area contributed by atoms with Gasteiger partial charge in [-0.05, 0) is 18.9 Å². The van der Waals surface area contributed by atoms with Crippen LogP contribution >= 0.6 is 24.0 Å². The molecule has 1 aromatic carbocycles. The van der Waals surface area contributed by atoms with Gasteiger partial charge in [0.2, 0.25) is 5.91 Å². The first-order chi connectivity index (χ1) is 11.2. The third kappa shape index (κ3) is 8.46. The standard InChI is InChI=1S/C17H26F2N4O.HI/c1-11(2)9-20-17(21-10-16(24)23(4)5)22-12(3)14-7-6-13(18)8-15(14)19;/h6-8,11-12H,9-10H2,1-5H3,(H2,20,21,22);1H. The molecule has 0 saturated heterocycles. The molecule has 0 saturated carbocycles. The van der Waals surface area contributed by atoms with Gasteiger partial charge in [0.05, 0.1) is 6.04 Å². The predicted octanol–water partition coefficient (Wildman–Crippen LogP) is 2.92. The number of carbonyl (C=O) groups excluding carboxylic acids is 1. The average Bonchev–Trinajstić information content (AvgIpc) is 2.49. The summed E-state index contributed by atoms with van der Waals surface area (Å²) in [5, 5.41) is 6.17. The molecule has 2 N–H and O–H groups in total. The van der Waals surface area contributed by atoms with E-state index in [1.54, 1.807) is 21.0 Å². The van der Waals surface area contributed by atoms with Crippen molar-refractivity contribution in [3.63, 3.8) is 0 Å². The summed E-state index contributed by atoms with van der Waals surface area (Å²) in [5.41, 5.74) is 0.328. The Kier molecular flexibility index (Phi) is 10.6.